The van der Waals surface area contributed by atoms with Gasteiger partial charge in [-0.25, -0.2) is 4.90 Å². The minimum atomic E-state index is -0.0103. The number of nitrogens with zero attached hydrogens (tertiary/aromatic N) is 1. The van der Waals surface area contributed by atoms with E-state index < -0.39 is 0 Å². The maximum absolute atomic E-state index is 12.6. The molecule has 0 radical (unpaired) electrons. The normalized spacial score (nSPS) is 32.0. The largest absolute Gasteiger partial charge is 0.322 e. The summed E-state index contributed by atoms with van der Waals surface area (Å²) in [6.07, 6.45) is 4.02. The van der Waals surface area contributed by atoms with Crippen molar-refractivity contribution in [2.45, 2.75) is 39.2 Å². The fourth-order valence-corrected chi connectivity index (χ4v) is 5.01. The van der Waals surface area contributed by atoms with Crippen LogP contribution in [-0.4, -0.2) is 49.6 Å². The molecule has 0 bridgehead atoms. The molecule has 3 fully saturated rings. The number of amides is 2. The second kappa shape index (κ2) is 7.49. The summed E-state index contributed by atoms with van der Waals surface area (Å²) in [5.41, 5.74) is 2.72. The van der Waals surface area contributed by atoms with Crippen LogP contribution < -0.4 is 9.80 Å². The quantitative estimate of drug-likeness (QED) is 0.708. The summed E-state index contributed by atoms with van der Waals surface area (Å²) in [6.45, 7) is 8.07. The van der Waals surface area contributed by atoms with E-state index in [0.29, 0.717) is 6.67 Å². The predicted molar refractivity (Wildman–Crippen MR) is 98.4 cm³/mol. The minimum absolute atomic E-state index is 0.0103. The van der Waals surface area contributed by atoms with Gasteiger partial charge in [0.15, 0.2) is 6.67 Å². The summed E-state index contributed by atoms with van der Waals surface area (Å²) in [5.74, 6) is 0.205. The zero-order chi connectivity index (χ0) is 18.1. The van der Waals surface area contributed by atoms with Crippen molar-refractivity contribution in [3.05, 3.63) is 35.4 Å². The van der Waals surface area contributed by atoms with E-state index in [9.17, 15) is 9.59 Å². The van der Waals surface area contributed by atoms with Gasteiger partial charge in [0.05, 0.1) is 11.8 Å². The summed E-state index contributed by atoms with van der Waals surface area (Å²) in [4.78, 5) is 29.9. The van der Waals surface area contributed by atoms with Gasteiger partial charge in [0.2, 0.25) is 11.8 Å². The predicted octanol–water partition coefficient (Wildman–Crippen LogP) is -0.589. The van der Waals surface area contributed by atoms with E-state index in [4.69, 9.17) is 0 Å². The number of quaternary nitrogens is 2. The number of fused-ring (bicyclic) bond motifs is 1. The highest BCUT2D eigenvalue weighted by molar-refractivity contribution is 6.05. The zero-order valence-corrected chi connectivity index (χ0v) is 15.8. The Kier molecular flexibility index (Phi) is 5.09. The SMILES string of the molecule is Cc1cccc(C[NH+]2CC[NH+](CN3C(=O)[C@@H]4CCCC[C@H]4C3=O)CC2)c1. The molecular weight excluding hydrogens is 326 g/mol. The van der Waals surface area contributed by atoms with Crippen LogP contribution in [0.25, 0.3) is 0 Å². The maximum atomic E-state index is 12.6. The molecule has 5 heteroatoms. The standard InChI is InChI=1S/C21H29N3O2/c1-16-5-4-6-17(13-16)14-22-9-11-23(12-10-22)15-24-20(25)18-7-2-3-8-19(18)21(24)26/h4-6,13,18-19H,2-3,7-12,14-15H2,1H3/p+2/t18-,19-/m1/s1. The Hall–Kier alpha value is -1.72. The Morgan fingerprint density at radius 3 is 2.19 bits per heavy atom. The molecule has 1 aromatic carbocycles. The number of hydrogen-bond donors (Lipinski definition) is 2. The molecule has 3 aliphatic rings. The molecule has 5 nitrogen and oxygen atoms in total. The van der Waals surface area contributed by atoms with Crippen molar-refractivity contribution in [2.75, 3.05) is 32.8 Å². The van der Waals surface area contributed by atoms with Crippen LogP contribution >= 0.6 is 0 Å². The highest BCUT2D eigenvalue weighted by atomic mass is 16.2. The molecule has 1 aliphatic carbocycles. The second-order valence-corrected chi connectivity index (χ2v) is 8.43. The van der Waals surface area contributed by atoms with E-state index >= 15 is 0 Å². The molecule has 1 aromatic rings. The first-order chi connectivity index (χ1) is 12.6. The molecule has 1 saturated carbocycles. The fourth-order valence-electron chi connectivity index (χ4n) is 5.01. The smallest absolute Gasteiger partial charge is 0.237 e. The van der Waals surface area contributed by atoms with Gasteiger partial charge in [-0.3, -0.25) is 9.59 Å². The van der Waals surface area contributed by atoms with E-state index in [1.165, 1.54) is 16.0 Å². The molecule has 2 N–H and O–H groups in total. The molecule has 140 valence electrons. The Balaban J connectivity index is 1.30. The molecule has 2 heterocycles. The number of carbonyl (C=O) groups excluding carboxylic acids is 2. The number of aryl methyl sites for hydroxylation is 1. The number of nitrogens with one attached hydrogen (secondary N) is 2. The third-order valence-corrected chi connectivity index (χ3v) is 6.51. The number of imide groups is 1. The molecule has 26 heavy (non-hydrogen) atoms. The van der Waals surface area contributed by atoms with Crippen LogP contribution in [0, 0.1) is 18.8 Å². The van der Waals surface area contributed by atoms with Gasteiger partial charge in [0.25, 0.3) is 0 Å². The van der Waals surface area contributed by atoms with Gasteiger partial charge in [0, 0.05) is 5.56 Å². The molecule has 2 aliphatic heterocycles. The molecular formula is C21H31N3O2+2. The summed E-state index contributed by atoms with van der Waals surface area (Å²) in [7, 11) is 0. The summed E-state index contributed by atoms with van der Waals surface area (Å²) in [5, 5.41) is 0. The molecule has 2 atom stereocenters. The van der Waals surface area contributed by atoms with Crippen molar-refractivity contribution < 1.29 is 19.4 Å². The van der Waals surface area contributed by atoms with E-state index in [-0.39, 0.29) is 23.7 Å². The number of carbonyl (C=O) groups is 2. The number of rotatable bonds is 4. The van der Waals surface area contributed by atoms with Gasteiger partial charge in [0.1, 0.15) is 32.7 Å². The lowest BCUT2D eigenvalue weighted by Crippen LogP contribution is -3.28. The van der Waals surface area contributed by atoms with Gasteiger partial charge < -0.3 is 9.80 Å². The fraction of sp³-hybridized carbons (Fsp3) is 0.619. The lowest BCUT2D eigenvalue weighted by atomic mass is 9.81. The maximum Gasteiger partial charge on any atom is 0.237 e. The summed E-state index contributed by atoms with van der Waals surface area (Å²) < 4.78 is 0. The van der Waals surface area contributed by atoms with Gasteiger partial charge in [-0.2, -0.15) is 0 Å². The topological polar surface area (TPSA) is 46.3 Å². The monoisotopic (exact) mass is 357 g/mol. The van der Waals surface area contributed by atoms with Crippen molar-refractivity contribution in [1.82, 2.24) is 4.90 Å². The highest BCUT2D eigenvalue weighted by Gasteiger charge is 2.49. The van der Waals surface area contributed by atoms with Crippen LogP contribution in [0.1, 0.15) is 36.8 Å². The van der Waals surface area contributed by atoms with Gasteiger partial charge >= 0.3 is 0 Å². The van der Waals surface area contributed by atoms with Gasteiger partial charge in [-0.05, 0) is 19.8 Å². The van der Waals surface area contributed by atoms with Crippen LogP contribution in [0.3, 0.4) is 0 Å². The van der Waals surface area contributed by atoms with Crippen LogP contribution in [0.4, 0.5) is 0 Å². The average Bonchev–Trinajstić information content (AvgIpc) is 2.89. The van der Waals surface area contributed by atoms with E-state index in [1.807, 2.05) is 0 Å². The molecule has 2 amide bonds. The van der Waals surface area contributed by atoms with Crippen LogP contribution in [0.5, 0.6) is 0 Å². The molecule has 0 unspecified atom stereocenters. The summed E-state index contributed by atoms with van der Waals surface area (Å²) in [6, 6.07) is 8.76. The van der Waals surface area contributed by atoms with E-state index in [2.05, 4.69) is 31.2 Å². The van der Waals surface area contributed by atoms with Crippen molar-refractivity contribution in [2.24, 2.45) is 11.8 Å². The van der Waals surface area contributed by atoms with Crippen LogP contribution in [0.2, 0.25) is 0 Å². The van der Waals surface area contributed by atoms with Crippen LogP contribution in [-0.2, 0) is 16.1 Å². The first-order valence-electron chi connectivity index (χ1n) is 10.2. The Labute approximate surface area is 155 Å². The van der Waals surface area contributed by atoms with Crippen molar-refractivity contribution in [3.8, 4) is 0 Å². The van der Waals surface area contributed by atoms with Gasteiger partial charge in [-0.1, -0.05) is 42.7 Å². The highest BCUT2D eigenvalue weighted by Crippen LogP contribution is 2.37. The molecule has 4 rings (SSSR count). The lowest BCUT2D eigenvalue weighted by Gasteiger charge is -2.31. The van der Waals surface area contributed by atoms with E-state index in [1.54, 1.807) is 9.80 Å². The minimum Gasteiger partial charge on any atom is -0.322 e. The second-order valence-electron chi connectivity index (χ2n) is 8.43. The van der Waals surface area contributed by atoms with Crippen molar-refractivity contribution in [3.63, 3.8) is 0 Å². The van der Waals surface area contributed by atoms with Crippen LogP contribution in [0.15, 0.2) is 24.3 Å². The van der Waals surface area contributed by atoms with Crippen molar-refractivity contribution in [1.29, 1.82) is 0 Å². The number of hydrogen-bond acceptors (Lipinski definition) is 2. The third-order valence-electron chi connectivity index (χ3n) is 6.51. The Morgan fingerprint density at radius 1 is 0.962 bits per heavy atom. The molecule has 2 saturated heterocycles. The number of likely N-dealkylation sites (tertiary alicyclic amines) is 1. The summed E-state index contributed by atoms with van der Waals surface area (Å²) >= 11 is 0. The molecule has 0 aromatic heterocycles. The lowest BCUT2D eigenvalue weighted by molar-refractivity contribution is -1.02. The van der Waals surface area contributed by atoms with E-state index in [0.717, 1.165) is 58.4 Å². The van der Waals surface area contributed by atoms with Gasteiger partial charge in [-0.15, -0.1) is 0 Å². The Bertz CT molecular complexity index is 658. The number of piperazine rings is 1. The van der Waals surface area contributed by atoms with Crippen molar-refractivity contribution >= 4 is 11.8 Å². The zero-order valence-electron chi connectivity index (χ0n) is 15.8. The average molecular weight is 357 g/mol. The first-order valence-corrected chi connectivity index (χ1v) is 10.2. The number of benzene rings is 1. The Morgan fingerprint density at radius 2 is 1.58 bits per heavy atom. The third kappa shape index (κ3) is 3.55. The first kappa shape index (κ1) is 17.7. The molecule has 0 spiro atoms.